The third-order valence-electron chi connectivity index (χ3n) is 12.8. The van der Waals surface area contributed by atoms with Crippen molar-refractivity contribution in [2.24, 2.45) is 17.8 Å². The summed E-state index contributed by atoms with van der Waals surface area (Å²) in [4.78, 5) is 30.8. The molecule has 3 aliphatic rings. The summed E-state index contributed by atoms with van der Waals surface area (Å²) in [7, 11) is -4.09. The fraction of sp³-hybridized carbons (Fsp3) is 0.294. The van der Waals surface area contributed by atoms with Crippen LogP contribution in [0.5, 0.6) is 5.75 Å². The smallest absolute Gasteiger partial charge is 0.455 e. The number of nitrogens with zero attached hydrogens (tertiary/aromatic N) is 1. The molecular weight excluding hydrogens is 775 g/mol. The number of imide groups is 1. The minimum Gasteiger partial charge on any atom is -0.508 e. The van der Waals surface area contributed by atoms with Crippen LogP contribution in [0.4, 0.5) is 17.1 Å². The van der Waals surface area contributed by atoms with E-state index in [2.05, 4.69) is 87.6 Å². The molecule has 0 spiro atoms. The summed E-state index contributed by atoms with van der Waals surface area (Å²) in [6, 6.07) is 45.5. The number of rotatable bonds is 13. The molecule has 2 heterocycles. The fourth-order valence-electron chi connectivity index (χ4n) is 9.96. The normalized spacial score (nSPS) is 20.8. The molecule has 0 unspecified atom stereocenters. The first-order valence-electron chi connectivity index (χ1n) is 21.6. The van der Waals surface area contributed by atoms with Crippen LogP contribution in [0.1, 0.15) is 58.9 Å². The van der Waals surface area contributed by atoms with Crippen LogP contribution in [0.15, 0.2) is 156 Å². The number of phenols is 1. The Morgan fingerprint density at radius 3 is 2.00 bits per heavy atom. The first-order valence-corrected chi connectivity index (χ1v) is 23.5. The van der Waals surface area contributed by atoms with E-state index in [4.69, 9.17) is 9.08 Å². The molecule has 4 atom stereocenters. The fourth-order valence-corrected chi connectivity index (χ4v) is 14.5. The number of para-hydroxylation sites is 1. The van der Waals surface area contributed by atoms with Crippen LogP contribution in [-0.2, 0) is 18.7 Å². The highest BCUT2D eigenvalue weighted by atomic mass is 28.4. The van der Waals surface area contributed by atoms with Gasteiger partial charge < -0.3 is 24.5 Å². The van der Waals surface area contributed by atoms with Gasteiger partial charge in [-0.2, -0.15) is 0 Å². The SMILES string of the molecule is CC/C(=C\c1ccc(O)cc1)CC[C@H]1OB(O)C[C@H]2C1=C(CO[Si](c1ccccc1)(c1ccccc1)C(C)(C)C)C[C@H]1C(=O)N(c3ccc(Nc4ccccc4)cc3)C(=O)[C@H]12. The zero-order valence-corrected chi connectivity index (χ0v) is 36.5. The van der Waals surface area contributed by atoms with Gasteiger partial charge in [-0.3, -0.25) is 14.5 Å². The van der Waals surface area contributed by atoms with Gasteiger partial charge in [0.15, 0.2) is 0 Å². The second kappa shape index (κ2) is 17.8. The van der Waals surface area contributed by atoms with Crippen molar-refractivity contribution in [3.8, 4) is 5.75 Å². The average Bonchev–Trinajstić information content (AvgIpc) is 3.52. The summed E-state index contributed by atoms with van der Waals surface area (Å²) in [5, 5.41) is 26.7. The van der Waals surface area contributed by atoms with Gasteiger partial charge in [0.2, 0.25) is 11.8 Å². The van der Waals surface area contributed by atoms with Crippen molar-refractivity contribution in [3.63, 3.8) is 0 Å². The molecule has 61 heavy (non-hydrogen) atoms. The molecule has 5 aromatic rings. The van der Waals surface area contributed by atoms with Crippen molar-refractivity contribution in [2.75, 3.05) is 16.8 Å². The van der Waals surface area contributed by atoms with E-state index in [-0.39, 0.29) is 35.5 Å². The molecule has 0 radical (unpaired) electrons. The second-order valence-corrected chi connectivity index (χ2v) is 21.9. The van der Waals surface area contributed by atoms with Gasteiger partial charge in [0.05, 0.1) is 30.2 Å². The molecule has 2 fully saturated rings. The number of amides is 2. The zero-order valence-electron chi connectivity index (χ0n) is 35.5. The Balaban J connectivity index is 1.17. The Kier molecular flexibility index (Phi) is 12.3. The van der Waals surface area contributed by atoms with Crippen molar-refractivity contribution >= 4 is 60.8 Å². The summed E-state index contributed by atoms with van der Waals surface area (Å²) >= 11 is 0. The van der Waals surface area contributed by atoms with E-state index in [1.807, 2.05) is 78.9 Å². The molecule has 3 N–H and O–H groups in total. The third-order valence-corrected chi connectivity index (χ3v) is 17.8. The van der Waals surface area contributed by atoms with Crippen molar-refractivity contribution in [3.05, 3.63) is 162 Å². The molecule has 0 bridgehead atoms. The Morgan fingerprint density at radius 2 is 1.41 bits per heavy atom. The average molecular weight is 831 g/mol. The maximum absolute atomic E-state index is 14.8. The Bertz CT molecular complexity index is 2340. The summed E-state index contributed by atoms with van der Waals surface area (Å²) in [5.41, 5.74) is 6.50. The minimum absolute atomic E-state index is 0.215. The molecule has 8 rings (SSSR count). The number of hydrogen-bond donors (Lipinski definition) is 3. The number of anilines is 3. The highest BCUT2D eigenvalue weighted by Gasteiger charge is 2.58. The number of nitrogens with one attached hydrogen (secondary N) is 1. The van der Waals surface area contributed by atoms with Crippen LogP contribution in [0.2, 0.25) is 11.4 Å². The summed E-state index contributed by atoms with van der Waals surface area (Å²) in [6.07, 6.45) is 4.34. The van der Waals surface area contributed by atoms with E-state index in [1.54, 1.807) is 12.1 Å². The molecule has 10 heteroatoms. The Hall–Kier alpha value is -5.52. The number of allylic oxidation sites excluding steroid dienone is 1. The van der Waals surface area contributed by atoms with E-state index in [0.29, 0.717) is 24.9 Å². The lowest BCUT2D eigenvalue weighted by Gasteiger charge is -2.46. The lowest BCUT2D eigenvalue weighted by Crippen LogP contribution is -2.66. The third kappa shape index (κ3) is 8.55. The molecule has 2 amide bonds. The second-order valence-electron chi connectivity index (χ2n) is 17.6. The van der Waals surface area contributed by atoms with Crippen molar-refractivity contribution in [2.45, 2.75) is 70.8 Å². The number of benzene rings is 5. The van der Waals surface area contributed by atoms with Crippen molar-refractivity contribution in [1.82, 2.24) is 0 Å². The van der Waals surface area contributed by atoms with Crippen molar-refractivity contribution in [1.29, 1.82) is 0 Å². The van der Waals surface area contributed by atoms with Gasteiger partial charge in [0.25, 0.3) is 8.32 Å². The lowest BCUT2D eigenvalue weighted by atomic mass is 9.58. The molecule has 8 nitrogen and oxygen atoms in total. The monoisotopic (exact) mass is 830 g/mol. The highest BCUT2D eigenvalue weighted by Crippen LogP contribution is 2.52. The lowest BCUT2D eigenvalue weighted by molar-refractivity contribution is -0.122. The van der Waals surface area contributed by atoms with Crippen LogP contribution in [-0.4, -0.2) is 50.1 Å². The predicted molar refractivity (Wildman–Crippen MR) is 248 cm³/mol. The maximum atomic E-state index is 14.8. The van der Waals surface area contributed by atoms with Gasteiger partial charge in [0.1, 0.15) is 5.75 Å². The number of aromatic hydroxyl groups is 1. The summed E-state index contributed by atoms with van der Waals surface area (Å²) in [6.45, 7) is 9.16. The van der Waals surface area contributed by atoms with Crippen LogP contribution < -0.4 is 20.6 Å². The predicted octanol–water partition coefficient (Wildman–Crippen LogP) is 9.29. The number of hydrogen-bond acceptors (Lipinski definition) is 7. The molecule has 312 valence electrons. The van der Waals surface area contributed by atoms with E-state index in [0.717, 1.165) is 44.9 Å². The van der Waals surface area contributed by atoms with E-state index < -0.39 is 39.3 Å². The van der Waals surface area contributed by atoms with Crippen LogP contribution in [0, 0.1) is 17.8 Å². The van der Waals surface area contributed by atoms with Gasteiger partial charge in [-0.1, -0.05) is 130 Å². The van der Waals surface area contributed by atoms with E-state index >= 15 is 0 Å². The topological polar surface area (TPSA) is 108 Å². The standard InChI is InChI=1S/C51H55BN2O6Si/c1-5-35(31-36-21-28-41(55)29-22-36)23-30-46-47-37(34-59-61(51(2,3)4,42-17-11-7-12-18-42)43-19-13-8-14-20-43)32-44-48(45(47)33-52(58)60-46)50(57)54(49(44)56)40-26-24-39(25-27-40)53-38-15-9-6-10-16-38/h6-22,24-29,31,44-46,48,53,55,58H,5,23,30,32-34H2,1-4H3/b35-31+/t44-,45+,46-,48-/m1/s1. The zero-order chi connectivity index (χ0) is 42.7. The van der Waals surface area contributed by atoms with E-state index in [9.17, 15) is 19.7 Å². The van der Waals surface area contributed by atoms with Gasteiger partial charge in [-0.05, 0) is 119 Å². The molecule has 0 aromatic heterocycles. The highest BCUT2D eigenvalue weighted by molar-refractivity contribution is 6.99. The number of fused-ring (bicyclic) bond motifs is 3. The first-order chi connectivity index (χ1) is 29.5. The Labute approximate surface area is 361 Å². The molecule has 2 aliphatic heterocycles. The molecular formula is C51H55BN2O6Si. The van der Waals surface area contributed by atoms with E-state index in [1.165, 1.54) is 10.5 Å². The summed E-state index contributed by atoms with van der Waals surface area (Å²) < 4.78 is 14.0. The van der Waals surface area contributed by atoms with Crippen molar-refractivity contribution < 1.29 is 28.8 Å². The molecule has 0 saturated carbocycles. The van der Waals surface area contributed by atoms with Gasteiger partial charge in [0, 0.05) is 11.4 Å². The molecule has 5 aromatic carbocycles. The molecule has 2 saturated heterocycles. The maximum Gasteiger partial charge on any atom is 0.455 e. The van der Waals surface area contributed by atoms with Gasteiger partial charge >= 0.3 is 7.12 Å². The number of carbonyl (C=O) groups is 2. The quantitative estimate of drug-likeness (QED) is 0.0617. The number of phenolic OH excluding ortho intramolecular Hbond substituents is 1. The Morgan fingerprint density at radius 1 is 0.820 bits per heavy atom. The van der Waals surface area contributed by atoms with Crippen LogP contribution in [0.25, 0.3) is 6.08 Å². The minimum atomic E-state index is -3.00. The van der Waals surface area contributed by atoms with Crippen LogP contribution >= 0.6 is 0 Å². The summed E-state index contributed by atoms with van der Waals surface area (Å²) in [5.74, 6) is -1.88. The number of carbonyl (C=O) groups excluding carboxylic acids is 2. The molecule has 1 aliphatic carbocycles. The van der Waals surface area contributed by atoms with Crippen LogP contribution in [0.3, 0.4) is 0 Å². The first kappa shape index (κ1) is 42.2. The van der Waals surface area contributed by atoms with Gasteiger partial charge in [-0.15, -0.1) is 0 Å². The van der Waals surface area contributed by atoms with Gasteiger partial charge in [-0.25, -0.2) is 0 Å². The largest absolute Gasteiger partial charge is 0.508 e.